The normalized spacial score (nSPS) is 10.1. The first-order valence-electron chi connectivity index (χ1n) is 7.15. The molecule has 0 aliphatic rings. The molecule has 0 aliphatic carbocycles. The van der Waals surface area contributed by atoms with Crippen LogP contribution in [0.5, 0.6) is 0 Å². The molecule has 0 unspecified atom stereocenters. The van der Waals surface area contributed by atoms with Crippen LogP contribution in [0.1, 0.15) is 18.9 Å². The molecule has 0 spiro atoms. The van der Waals surface area contributed by atoms with Gasteiger partial charge in [-0.05, 0) is 36.2 Å². The molecule has 21 heavy (non-hydrogen) atoms. The molecule has 0 aliphatic heterocycles. The highest BCUT2D eigenvalue weighted by atomic mass is 16.2. The van der Waals surface area contributed by atoms with Gasteiger partial charge in [0.2, 0.25) is 0 Å². The van der Waals surface area contributed by atoms with Gasteiger partial charge in [-0.1, -0.05) is 37.3 Å². The summed E-state index contributed by atoms with van der Waals surface area (Å²) in [5, 5.41) is 2.95. The lowest BCUT2D eigenvalue weighted by molar-refractivity contribution is 0.246. The van der Waals surface area contributed by atoms with Gasteiger partial charge in [-0.2, -0.15) is 0 Å². The number of anilines is 2. The fraction of sp³-hybridized carbons (Fsp3) is 0.235. The fourth-order valence-electron chi connectivity index (χ4n) is 2.09. The third-order valence-corrected chi connectivity index (χ3v) is 3.18. The summed E-state index contributed by atoms with van der Waals surface area (Å²) in [4.78, 5) is 14.1. The van der Waals surface area contributed by atoms with Crippen molar-refractivity contribution < 1.29 is 4.79 Å². The summed E-state index contributed by atoms with van der Waals surface area (Å²) < 4.78 is 0. The highest BCUT2D eigenvalue weighted by Gasteiger charge is 2.14. The molecular weight excluding hydrogens is 262 g/mol. The van der Waals surface area contributed by atoms with Crippen molar-refractivity contribution in [1.29, 1.82) is 0 Å². The molecule has 4 nitrogen and oxygen atoms in total. The molecule has 0 radical (unpaired) electrons. The predicted octanol–water partition coefficient (Wildman–Crippen LogP) is 3.40. The van der Waals surface area contributed by atoms with Crippen LogP contribution in [0.2, 0.25) is 0 Å². The SMILES string of the molecule is CCCN(C(=O)NCc1ccccc1)c1ccc(N)cc1. The zero-order valence-electron chi connectivity index (χ0n) is 12.3. The van der Waals surface area contributed by atoms with Crippen LogP contribution in [0, 0.1) is 0 Å². The van der Waals surface area contributed by atoms with E-state index in [9.17, 15) is 4.79 Å². The van der Waals surface area contributed by atoms with Gasteiger partial charge in [0, 0.05) is 24.5 Å². The molecule has 0 aromatic heterocycles. The van der Waals surface area contributed by atoms with Crippen molar-refractivity contribution in [3.63, 3.8) is 0 Å². The molecule has 4 heteroatoms. The first-order chi connectivity index (χ1) is 10.2. The minimum Gasteiger partial charge on any atom is -0.399 e. The predicted molar refractivity (Wildman–Crippen MR) is 87.2 cm³/mol. The fourth-order valence-corrected chi connectivity index (χ4v) is 2.09. The molecule has 0 heterocycles. The molecule has 2 amide bonds. The minimum atomic E-state index is -0.0922. The number of hydrogen-bond acceptors (Lipinski definition) is 2. The van der Waals surface area contributed by atoms with Gasteiger partial charge in [0.05, 0.1) is 0 Å². The average Bonchev–Trinajstić information content (AvgIpc) is 2.52. The van der Waals surface area contributed by atoms with Crippen LogP contribution >= 0.6 is 0 Å². The summed E-state index contributed by atoms with van der Waals surface area (Å²) in [6.07, 6.45) is 0.892. The van der Waals surface area contributed by atoms with Crippen molar-refractivity contribution in [2.45, 2.75) is 19.9 Å². The van der Waals surface area contributed by atoms with Crippen LogP contribution in [0.3, 0.4) is 0 Å². The number of nitrogens with two attached hydrogens (primary N) is 1. The Morgan fingerprint density at radius 2 is 1.76 bits per heavy atom. The average molecular weight is 283 g/mol. The highest BCUT2D eigenvalue weighted by molar-refractivity contribution is 5.92. The van der Waals surface area contributed by atoms with Crippen molar-refractivity contribution in [2.24, 2.45) is 0 Å². The van der Waals surface area contributed by atoms with Gasteiger partial charge in [0.15, 0.2) is 0 Å². The van der Waals surface area contributed by atoms with E-state index in [-0.39, 0.29) is 6.03 Å². The number of nitrogens with zero attached hydrogens (tertiary/aromatic N) is 1. The van der Waals surface area contributed by atoms with Crippen LogP contribution in [0.15, 0.2) is 54.6 Å². The van der Waals surface area contributed by atoms with E-state index in [0.717, 1.165) is 17.7 Å². The number of carbonyl (C=O) groups excluding carboxylic acids is 1. The Kier molecular flexibility index (Phi) is 5.21. The summed E-state index contributed by atoms with van der Waals surface area (Å²) in [7, 11) is 0. The van der Waals surface area contributed by atoms with E-state index in [1.165, 1.54) is 0 Å². The van der Waals surface area contributed by atoms with Gasteiger partial charge in [-0.3, -0.25) is 4.90 Å². The molecule has 3 N–H and O–H groups in total. The molecule has 0 fully saturated rings. The van der Waals surface area contributed by atoms with Crippen molar-refractivity contribution >= 4 is 17.4 Å². The van der Waals surface area contributed by atoms with Crippen molar-refractivity contribution in [1.82, 2.24) is 5.32 Å². The maximum absolute atomic E-state index is 12.4. The lowest BCUT2D eigenvalue weighted by atomic mass is 10.2. The topological polar surface area (TPSA) is 58.4 Å². The summed E-state index contributed by atoms with van der Waals surface area (Å²) in [5.74, 6) is 0. The van der Waals surface area contributed by atoms with Gasteiger partial charge in [-0.15, -0.1) is 0 Å². The molecule has 110 valence electrons. The maximum Gasteiger partial charge on any atom is 0.322 e. The lowest BCUT2D eigenvalue weighted by Gasteiger charge is -2.23. The number of nitrogen functional groups attached to an aromatic ring is 1. The van der Waals surface area contributed by atoms with Crippen molar-refractivity contribution in [3.8, 4) is 0 Å². The molecule has 2 rings (SSSR count). The number of amides is 2. The summed E-state index contributed by atoms with van der Waals surface area (Å²) in [6, 6.07) is 17.1. The Morgan fingerprint density at radius 1 is 1.10 bits per heavy atom. The van der Waals surface area contributed by atoms with Gasteiger partial charge >= 0.3 is 6.03 Å². The second-order valence-corrected chi connectivity index (χ2v) is 4.89. The monoisotopic (exact) mass is 283 g/mol. The first kappa shape index (κ1) is 14.9. The summed E-state index contributed by atoms with van der Waals surface area (Å²) in [5.41, 5.74) is 8.33. The van der Waals surface area contributed by atoms with Gasteiger partial charge < -0.3 is 11.1 Å². The lowest BCUT2D eigenvalue weighted by Crippen LogP contribution is -2.40. The largest absolute Gasteiger partial charge is 0.399 e. The van der Waals surface area contributed by atoms with Crippen LogP contribution in [0.4, 0.5) is 16.2 Å². The van der Waals surface area contributed by atoms with E-state index in [0.29, 0.717) is 18.8 Å². The Morgan fingerprint density at radius 3 is 2.38 bits per heavy atom. The molecule has 0 bridgehead atoms. The van der Waals surface area contributed by atoms with Crippen molar-refractivity contribution in [3.05, 3.63) is 60.2 Å². The Bertz CT molecular complexity index is 566. The Hall–Kier alpha value is -2.49. The number of urea groups is 1. The molecular formula is C17H21N3O. The standard InChI is InChI=1S/C17H21N3O/c1-2-12-20(16-10-8-15(18)9-11-16)17(21)19-13-14-6-4-3-5-7-14/h3-11H,2,12-13,18H2,1H3,(H,19,21). The number of benzene rings is 2. The summed E-state index contributed by atoms with van der Waals surface area (Å²) >= 11 is 0. The van der Waals surface area contributed by atoms with Gasteiger partial charge in [0.1, 0.15) is 0 Å². The molecule has 0 saturated heterocycles. The van der Waals surface area contributed by atoms with E-state index in [1.807, 2.05) is 54.6 Å². The van der Waals surface area contributed by atoms with Crippen LogP contribution in [0.25, 0.3) is 0 Å². The Labute approximate surface area is 125 Å². The van der Waals surface area contributed by atoms with Gasteiger partial charge in [0.25, 0.3) is 0 Å². The number of rotatable bonds is 5. The van der Waals surface area contributed by atoms with E-state index >= 15 is 0 Å². The van der Waals surface area contributed by atoms with Gasteiger partial charge in [-0.25, -0.2) is 4.79 Å². The zero-order chi connectivity index (χ0) is 15.1. The van der Waals surface area contributed by atoms with Crippen LogP contribution < -0.4 is 16.0 Å². The number of nitrogens with one attached hydrogen (secondary N) is 1. The highest BCUT2D eigenvalue weighted by Crippen LogP contribution is 2.17. The number of hydrogen-bond donors (Lipinski definition) is 2. The number of carbonyl (C=O) groups is 1. The van der Waals surface area contributed by atoms with Crippen LogP contribution in [-0.4, -0.2) is 12.6 Å². The van der Waals surface area contributed by atoms with E-state index < -0.39 is 0 Å². The molecule has 0 saturated carbocycles. The van der Waals surface area contributed by atoms with Crippen LogP contribution in [-0.2, 0) is 6.54 Å². The maximum atomic E-state index is 12.4. The smallest absolute Gasteiger partial charge is 0.322 e. The molecule has 2 aromatic carbocycles. The third-order valence-electron chi connectivity index (χ3n) is 3.18. The van der Waals surface area contributed by atoms with E-state index in [2.05, 4.69) is 12.2 Å². The van der Waals surface area contributed by atoms with Crippen molar-refractivity contribution in [2.75, 3.05) is 17.2 Å². The van der Waals surface area contributed by atoms with E-state index in [1.54, 1.807) is 4.90 Å². The third kappa shape index (κ3) is 4.24. The minimum absolute atomic E-state index is 0.0922. The molecule has 2 aromatic rings. The second kappa shape index (κ2) is 7.33. The summed E-state index contributed by atoms with van der Waals surface area (Å²) in [6.45, 7) is 3.24. The molecule has 0 atom stereocenters. The first-order valence-corrected chi connectivity index (χ1v) is 7.15. The quantitative estimate of drug-likeness (QED) is 0.826. The zero-order valence-corrected chi connectivity index (χ0v) is 12.3. The van der Waals surface area contributed by atoms with E-state index in [4.69, 9.17) is 5.73 Å². The second-order valence-electron chi connectivity index (χ2n) is 4.89. The Balaban J connectivity index is 2.03.